The van der Waals surface area contributed by atoms with Gasteiger partial charge in [0.15, 0.2) is 5.69 Å². The van der Waals surface area contributed by atoms with Gasteiger partial charge >= 0.3 is 0 Å². The predicted octanol–water partition coefficient (Wildman–Crippen LogP) is 1.94. The van der Waals surface area contributed by atoms with Gasteiger partial charge in [-0.2, -0.15) is 9.78 Å². The zero-order valence-corrected chi connectivity index (χ0v) is 20.4. The van der Waals surface area contributed by atoms with Crippen LogP contribution in [0.25, 0.3) is 16.5 Å². The van der Waals surface area contributed by atoms with Crippen molar-refractivity contribution in [2.24, 2.45) is 0 Å². The van der Waals surface area contributed by atoms with Gasteiger partial charge in [0, 0.05) is 17.0 Å². The minimum absolute atomic E-state index is 0.175. The van der Waals surface area contributed by atoms with Gasteiger partial charge in [-0.25, -0.2) is 0 Å². The summed E-state index contributed by atoms with van der Waals surface area (Å²) in [6.45, 7) is 3.89. The Bertz CT molecular complexity index is 1440. The van der Waals surface area contributed by atoms with E-state index in [1.54, 1.807) is 43.5 Å². The van der Waals surface area contributed by atoms with Crippen LogP contribution in [0.1, 0.15) is 16.1 Å². The maximum absolute atomic E-state index is 13.7. The van der Waals surface area contributed by atoms with Gasteiger partial charge in [-0.3, -0.25) is 9.59 Å². The van der Waals surface area contributed by atoms with Crippen molar-refractivity contribution in [2.45, 2.75) is 6.54 Å². The van der Waals surface area contributed by atoms with Crippen molar-refractivity contribution < 1.29 is 19.2 Å². The number of carbonyl (C=O) groups excluding carboxylic acids is 1. The van der Waals surface area contributed by atoms with E-state index in [1.165, 1.54) is 22.3 Å². The molecular formula is C28H29N4O4+. The van der Waals surface area contributed by atoms with Gasteiger partial charge in [0.25, 0.3) is 11.5 Å². The van der Waals surface area contributed by atoms with E-state index in [4.69, 9.17) is 9.47 Å². The summed E-state index contributed by atoms with van der Waals surface area (Å²) in [4.78, 5) is 30.4. The first kappa shape index (κ1) is 23.6. The lowest BCUT2D eigenvalue weighted by atomic mass is 10.1. The second-order valence-electron chi connectivity index (χ2n) is 8.85. The number of quaternary nitrogens is 1. The molecule has 0 aliphatic carbocycles. The highest BCUT2D eigenvalue weighted by molar-refractivity contribution is 6.04. The number of methoxy groups -OCH3 is 2. The van der Waals surface area contributed by atoms with Gasteiger partial charge in [0.2, 0.25) is 0 Å². The fourth-order valence-electron chi connectivity index (χ4n) is 4.71. The number of amides is 1. The number of rotatable bonds is 6. The van der Waals surface area contributed by atoms with E-state index in [2.05, 4.69) is 29.4 Å². The molecule has 8 nitrogen and oxygen atoms in total. The Morgan fingerprint density at radius 2 is 1.61 bits per heavy atom. The number of piperazine rings is 1. The third-order valence-corrected chi connectivity index (χ3v) is 6.68. The molecule has 4 aromatic rings. The van der Waals surface area contributed by atoms with Gasteiger partial charge in [-0.15, -0.1) is 0 Å². The van der Waals surface area contributed by atoms with Crippen molar-refractivity contribution in [3.63, 3.8) is 0 Å². The molecule has 1 aliphatic rings. The minimum Gasteiger partial charge on any atom is -0.497 e. The molecule has 36 heavy (non-hydrogen) atoms. The molecule has 1 N–H and O–H groups in total. The molecule has 0 spiro atoms. The number of ether oxygens (including phenoxy) is 2. The smallest absolute Gasteiger partial charge is 0.279 e. The molecule has 2 heterocycles. The Labute approximate surface area is 209 Å². The molecule has 0 bridgehead atoms. The summed E-state index contributed by atoms with van der Waals surface area (Å²) in [5.41, 5.74) is 1.68. The van der Waals surface area contributed by atoms with Crippen LogP contribution in [-0.2, 0) is 6.54 Å². The Morgan fingerprint density at radius 3 is 2.31 bits per heavy atom. The molecule has 5 rings (SSSR count). The molecule has 1 aromatic heterocycles. The van der Waals surface area contributed by atoms with E-state index in [1.807, 2.05) is 17.0 Å². The molecule has 0 radical (unpaired) electrons. The molecule has 0 unspecified atom stereocenters. The summed E-state index contributed by atoms with van der Waals surface area (Å²) in [5.74, 6) is 0.846. The first-order valence-electron chi connectivity index (χ1n) is 12.0. The van der Waals surface area contributed by atoms with E-state index in [9.17, 15) is 9.59 Å². The number of hydrogen-bond donors (Lipinski definition) is 1. The average Bonchev–Trinajstić information content (AvgIpc) is 2.94. The summed E-state index contributed by atoms with van der Waals surface area (Å²) >= 11 is 0. The second-order valence-corrected chi connectivity index (χ2v) is 8.85. The fourth-order valence-corrected chi connectivity index (χ4v) is 4.71. The van der Waals surface area contributed by atoms with Crippen LogP contribution in [0.2, 0.25) is 0 Å². The Hall–Kier alpha value is -4.17. The summed E-state index contributed by atoms with van der Waals surface area (Å²) in [5, 5.41) is 5.57. The van der Waals surface area contributed by atoms with Gasteiger partial charge in [-0.1, -0.05) is 48.5 Å². The summed E-state index contributed by atoms with van der Waals surface area (Å²) in [7, 11) is 3.08. The minimum atomic E-state index is -0.317. The zero-order valence-electron chi connectivity index (χ0n) is 20.4. The number of benzene rings is 3. The number of carbonyl (C=O) groups is 1. The highest BCUT2D eigenvalue weighted by Crippen LogP contribution is 2.27. The average molecular weight is 486 g/mol. The van der Waals surface area contributed by atoms with Crippen LogP contribution in [-0.4, -0.2) is 61.0 Å². The monoisotopic (exact) mass is 485 g/mol. The zero-order chi connectivity index (χ0) is 25.1. The van der Waals surface area contributed by atoms with Crippen molar-refractivity contribution in [1.29, 1.82) is 0 Å². The van der Waals surface area contributed by atoms with Crippen LogP contribution in [0.4, 0.5) is 0 Å². The van der Waals surface area contributed by atoms with Crippen LogP contribution in [0.3, 0.4) is 0 Å². The van der Waals surface area contributed by atoms with E-state index < -0.39 is 0 Å². The van der Waals surface area contributed by atoms with E-state index in [-0.39, 0.29) is 17.2 Å². The van der Waals surface area contributed by atoms with E-state index in [0.29, 0.717) is 41.0 Å². The lowest BCUT2D eigenvalue weighted by molar-refractivity contribution is -0.917. The highest BCUT2D eigenvalue weighted by atomic mass is 16.5. The van der Waals surface area contributed by atoms with Gasteiger partial charge in [-0.05, 0) is 18.2 Å². The molecule has 8 heteroatoms. The Balaban J connectivity index is 1.47. The van der Waals surface area contributed by atoms with Crippen molar-refractivity contribution >= 4 is 16.7 Å². The fraction of sp³-hybridized carbons (Fsp3) is 0.250. The number of aromatic nitrogens is 2. The van der Waals surface area contributed by atoms with Crippen LogP contribution >= 0.6 is 0 Å². The van der Waals surface area contributed by atoms with Crippen LogP contribution in [0.15, 0.2) is 77.6 Å². The summed E-state index contributed by atoms with van der Waals surface area (Å²) < 4.78 is 12.0. The number of fused-ring (bicyclic) bond motifs is 1. The van der Waals surface area contributed by atoms with Gasteiger partial charge in [0.05, 0.1) is 45.8 Å². The van der Waals surface area contributed by atoms with Crippen molar-refractivity contribution in [1.82, 2.24) is 14.7 Å². The SMILES string of the molecule is COc1ccc(-n2nc(C(=O)N3CC[NH+](Cc4ccccc4)CC3)c3ccccc3c2=O)c(OC)c1. The lowest BCUT2D eigenvalue weighted by Gasteiger charge is -2.32. The van der Waals surface area contributed by atoms with Crippen LogP contribution < -0.4 is 19.9 Å². The molecule has 0 atom stereocenters. The lowest BCUT2D eigenvalue weighted by Crippen LogP contribution is -3.13. The quantitative estimate of drug-likeness (QED) is 0.452. The highest BCUT2D eigenvalue weighted by Gasteiger charge is 2.28. The third-order valence-electron chi connectivity index (χ3n) is 6.68. The molecular weight excluding hydrogens is 456 g/mol. The molecule has 1 amide bonds. The standard InChI is InChI=1S/C28H28N4O4/c1-35-21-12-13-24(25(18-21)36-2)32-27(33)23-11-7-6-10-22(23)26(29-32)28(34)31-16-14-30(15-17-31)19-20-8-4-3-5-9-20/h3-13,18H,14-17,19H2,1-2H3/p+1. The first-order valence-corrected chi connectivity index (χ1v) is 12.0. The van der Waals surface area contributed by atoms with E-state index in [0.717, 1.165) is 19.6 Å². The molecule has 1 fully saturated rings. The molecule has 0 saturated carbocycles. The van der Waals surface area contributed by atoms with Crippen LogP contribution in [0, 0.1) is 0 Å². The number of nitrogens with zero attached hydrogens (tertiary/aromatic N) is 3. The van der Waals surface area contributed by atoms with Crippen molar-refractivity contribution in [3.05, 3.63) is 94.4 Å². The number of hydrogen-bond acceptors (Lipinski definition) is 5. The van der Waals surface area contributed by atoms with Gasteiger partial charge < -0.3 is 19.3 Å². The summed E-state index contributed by atoms with van der Waals surface area (Å²) in [6.07, 6.45) is 0. The van der Waals surface area contributed by atoms with Gasteiger partial charge in [0.1, 0.15) is 23.7 Å². The Morgan fingerprint density at radius 1 is 0.917 bits per heavy atom. The largest absolute Gasteiger partial charge is 0.497 e. The first-order chi connectivity index (χ1) is 17.6. The third kappa shape index (κ3) is 4.55. The maximum atomic E-state index is 13.7. The summed E-state index contributed by atoms with van der Waals surface area (Å²) in [6, 6.07) is 22.7. The Kier molecular flexibility index (Phi) is 6.69. The topological polar surface area (TPSA) is 78.1 Å². The van der Waals surface area contributed by atoms with Crippen molar-refractivity contribution in [3.8, 4) is 17.2 Å². The van der Waals surface area contributed by atoms with Crippen LogP contribution in [0.5, 0.6) is 11.5 Å². The normalized spacial score (nSPS) is 14.1. The van der Waals surface area contributed by atoms with Crippen molar-refractivity contribution in [2.75, 3.05) is 40.4 Å². The predicted molar refractivity (Wildman–Crippen MR) is 137 cm³/mol. The molecule has 3 aromatic carbocycles. The second kappa shape index (κ2) is 10.2. The molecule has 1 aliphatic heterocycles. The molecule has 1 saturated heterocycles. The van der Waals surface area contributed by atoms with E-state index >= 15 is 0 Å². The number of nitrogens with one attached hydrogen (secondary N) is 1. The maximum Gasteiger partial charge on any atom is 0.279 e. The molecule has 184 valence electrons.